The average Bonchev–Trinajstić information content (AvgIpc) is 2.77. The second-order valence-corrected chi connectivity index (χ2v) is 6.25. The van der Waals surface area contributed by atoms with Gasteiger partial charge >= 0.3 is 18.2 Å². The number of nitrogens with zero attached hydrogens (tertiary/aromatic N) is 1. The van der Waals surface area contributed by atoms with E-state index < -0.39 is 24.3 Å². The van der Waals surface area contributed by atoms with Crippen molar-refractivity contribution in [2.75, 3.05) is 6.54 Å². The highest BCUT2D eigenvalue weighted by molar-refractivity contribution is 6.01. The first-order valence-electron chi connectivity index (χ1n) is 9.35. The molecule has 2 aromatic rings. The highest BCUT2D eigenvalue weighted by Gasteiger charge is 2.15. The number of aliphatic hydroxyl groups is 1. The summed E-state index contributed by atoms with van der Waals surface area (Å²) in [4.78, 5) is 38.7. The average molecular weight is 429 g/mol. The van der Waals surface area contributed by atoms with Crippen LogP contribution in [-0.2, 0) is 27.5 Å². The first kappa shape index (κ1) is 23.4. The second-order valence-electron chi connectivity index (χ2n) is 6.25. The van der Waals surface area contributed by atoms with Gasteiger partial charge in [-0.2, -0.15) is 0 Å². The highest BCUT2D eigenvalue weighted by atomic mass is 16.6. The number of ether oxygens (including phenoxy) is 2. The van der Waals surface area contributed by atoms with Crippen LogP contribution in [0.15, 0.2) is 65.7 Å². The van der Waals surface area contributed by atoms with Gasteiger partial charge in [0.05, 0.1) is 0 Å². The van der Waals surface area contributed by atoms with Gasteiger partial charge in [0.15, 0.2) is 6.10 Å². The van der Waals surface area contributed by atoms with Crippen molar-refractivity contribution in [3.05, 3.63) is 71.8 Å². The number of aliphatic imine (C=N–C) groups is 1. The zero-order chi connectivity index (χ0) is 22.5. The van der Waals surface area contributed by atoms with Gasteiger partial charge in [0.25, 0.3) is 0 Å². The number of hydrogen-bond donors (Lipinski definition) is 4. The number of guanidine groups is 1. The van der Waals surface area contributed by atoms with Crippen LogP contribution in [0, 0.1) is 0 Å². The van der Waals surface area contributed by atoms with Gasteiger partial charge in [-0.3, -0.25) is 15.6 Å². The molecule has 0 aromatic heterocycles. The van der Waals surface area contributed by atoms with Crippen LogP contribution < -0.4 is 10.6 Å². The number of aliphatic hydroxyl groups excluding tert-OH is 1. The predicted octanol–water partition coefficient (Wildman–Crippen LogP) is 2.03. The first-order chi connectivity index (χ1) is 14.9. The summed E-state index contributed by atoms with van der Waals surface area (Å²) in [5.41, 5.74) is 1.52. The number of alkyl carbamates (subject to hydrolysis) is 2. The maximum atomic E-state index is 12.0. The topological polar surface area (TPSA) is 147 Å². The number of amides is 2. The third-order valence-electron chi connectivity index (χ3n) is 3.82. The van der Waals surface area contributed by atoms with Crippen molar-refractivity contribution in [1.82, 2.24) is 10.6 Å². The van der Waals surface area contributed by atoms with Crippen molar-refractivity contribution in [2.45, 2.75) is 25.7 Å². The molecule has 10 nitrogen and oxygen atoms in total. The lowest BCUT2D eigenvalue weighted by Crippen LogP contribution is -2.44. The minimum atomic E-state index is -1.62. The molecule has 0 spiro atoms. The summed E-state index contributed by atoms with van der Waals surface area (Å²) in [7, 11) is 0. The quantitative estimate of drug-likeness (QED) is 0.371. The molecule has 10 heteroatoms. The van der Waals surface area contributed by atoms with E-state index in [9.17, 15) is 19.5 Å². The van der Waals surface area contributed by atoms with Crippen LogP contribution in [0.3, 0.4) is 0 Å². The number of benzene rings is 2. The summed E-state index contributed by atoms with van der Waals surface area (Å²) >= 11 is 0. The molecule has 0 unspecified atom stereocenters. The van der Waals surface area contributed by atoms with Gasteiger partial charge in [-0.05, 0) is 11.1 Å². The number of carboxylic acids is 1. The largest absolute Gasteiger partial charge is 0.479 e. The van der Waals surface area contributed by atoms with Crippen LogP contribution >= 0.6 is 0 Å². The van der Waals surface area contributed by atoms with Crippen molar-refractivity contribution in [2.24, 2.45) is 4.99 Å². The maximum Gasteiger partial charge on any atom is 0.414 e. The van der Waals surface area contributed by atoms with Gasteiger partial charge in [0.2, 0.25) is 5.96 Å². The second kappa shape index (κ2) is 12.6. The minimum Gasteiger partial charge on any atom is -0.479 e. The van der Waals surface area contributed by atoms with E-state index in [1.165, 1.54) is 0 Å². The standard InChI is InChI=1S/C21H23N3O7/c25-17(18(26)27)11-12-22-19(23-20(28)30-13-15-7-3-1-4-8-15)24-21(29)31-14-16-9-5-2-6-10-16/h1-10,17,25H,11-14H2,(H,26,27)(H2,22,23,24,28,29)/t17-/m0/s1. The molecular weight excluding hydrogens is 406 g/mol. The number of rotatable bonds is 8. The SMILES string of the molecule is O=C(NC(=NCC[C@H](O)C(=O)O)NC(=O)OCc1ccccc1)OCc1ccccc1. The molecule has 2 aromatic carbocycles. The van der Waals surface area contributed by atoms with E-state index >= 15 is 0 Å². The summed E-state index contributed by atoms with van der Waals surface area (Å²) in [5, 5.41) is 22.6. The maximum absolute atomic E-state index is 12.0. The van der Waals surface area contributed by atoms with Gasteiger partial charge in [0.1, 0.15) is 13.2 Å². The van der Waals surface area contributed by atoms with Crippen molar-refractivity contribution >= 4 is 24.1 Å². The molecule has 0 saturated carbocycles. The van der Waals surface area contributed by atoms with Crippen molar-refractivity contribution < 1.29 is 34.1 Å². The van der Waals surface area contributed by atoms with E-state index in [2.05, 4.69) is 15.6 Å². The zero-order valence-electron chi connectivity index (χ0n) is 16.6. The molecule has 1 atom stereocenters. The van der Waals surface area contributed by atoms with E-state index in [0.717, 1.165) is 11.1 Å². The Hall–Kier alpha value is -3.92. The molecule has 0 heterocycles. The summed E-state index contributed by atoms with van der Waals surface area (Å²) in [5.74, 6) is -1.70. The van der Waals surface area contributed by atoms with Crippen molar-refractivity contribution in [3.8, 4) is 0 Å². The van der Waals surface area contributed by atoms with Gasteiger partial charge in [-0.15, -0.1) is 0 Å². The Bertz CT molecular complexity index is 829. The Morgan fingerprint density at radius 1 is 0.839 bits per heavy atom. The lowest BCUT2D eigenvalue weighted by atomic mass is 10.2. The zero-order valence-corrected chi connectivity index (χ0v) is 16.6. The van der Waals surface area contributed by atoms with E-state index in [1.54, 1.807) is 48.5 Å². The molecule has 0 fully saturated rings. The van der Waals surface area contributed by atoms with Crippen LogP contribution in [0.1, 0.15) is 17.5 Å². The van der Waals surface area contributed by atoms with Gasteiger partial charge in [-0.25, -0.2) is 14.4 Å². The molecule has 0 aliphatic rings. The van der Waals surface area contributed by atoms with Crippen LogP contribution in [0.25, 0.3) is 0 Å². The summed E-state index contributed by atoms with van der Waals surface area (Å²) in [6.45, 7) is -0.187. The fourth-order valence-corrected chi connectivity index (χ4v) is 2.24. The lowest BCUT2D eigenvalue weighted by molar-refractivity contribution is -0.146. The molecule has 0 radical (unpaired) electrons. The predicted molar refractivity (Wildman–Crippen MR) is 110 cm³/mol. The van der Waals surface area contributed by atoms with E-state index in [4.69, 9.17) is 14.6 Å². The summed E-state index contributed by atoms with van der Waals surface area (Å²) < 4.78 is 10.1. The van der Waals surface area contributed by atoms with Crippen LogP contribution in [-0.4, -0.2) is 47.0 Å². The fraction of sp³-hybridized carbons (Fsp3) is 0.238. The Kier molecular flexibility index (Phi) is 9.50. The minimum absolute atomic E-state index is 0.00383. The van der Waals surface area contributed by atoms with Crippen LogP contribution in [0.2, 0.25) is 0 Å². The van der Waals surface area contributed by atoms with Gasteiger partial charge in [0, 0.05) is 13.0 Å². The monoisotopic (exact) mass is 429 g/mol. The van der Waals surface area contributed by atoms with Crippen LogP contribution in [0.5, 0.6) is 0 Å². The number of hydrogen-bond acceptors (Lipinski definition) is 7. The molecule has 2 amide bonds. The van der Waals surface area contributed by atoms with Crippen LogP contribution in [0.4, 0.5) is 9.59 Å². The first-order valence-corrected chi connectivity index (χ1v) is 9.35. The molecule has 4 N–H and O–H groups in total. The molecule has 2 rings (SSSR count). The Labute approximate surface area is 178 Å². The fourth-order valence-electron chi connectivity index (χ4n) is 2.24. The normalized spacial score (nSPS) is 11.0. The third-order valence-corrected chi connectivity index (χ3v) is 3.82. The molecule has 0 bridgehead atoms. The Balaban J connectivity index is 1.91. The van der Waals surface area contributed by atoms with Crippen molar-refractivity contribution in [3.63, 3.8) is 0 Å². The number of carboxylic acid groups (broad SMARTS) is 1. The lowest BCUT2D eigenvalue weighted by Gasteiger charge is -2.12. The third kappa shape index (κ3) is 9.41. The number of nitrogens with one attached hydrogen (secondary N) is 2. The van der Waals surface area contributed by atoms with E-state index in [0.29, 0.717) is 0 Å². The van der Waals surface area contributed by atoms with E-state index in [1.807, 2.05) is 12.1 Å². The number of carbonyl (C=O) groups is 3. The van der Waals surface area contributed by atoms with Crippen molar-refractivity contribution in [1.29, 1.82) is 0 Å². The summed E-state index contributed by atoms with van der Waals surface area (Å²) in [6.07, 6.45) is -3.62. The van der Waals surface area contributed by atoms with Gasteiger partial charge < -0.3 is 19.7 Å². The Morgan fingerprint density at radius 3 is 1.71 bits per heavy atom. The summed E-state index contributed by atoms with van der Waals surface area (Å²) in [6, 6.07) is 17.9. The molecule has 0 aliphatic carbocycles. The molecule has 31 heavy (non-hydrogen) atoms. The highest BCUT2D eigenvalue weighted by Crippen LogP contribution is 2.02. The molecule has 164 valence electrons. The number of aliphatic carboxylic acids is 1. The molecule has 0 aliphatic heterocycles. The van der Waals surface area contributed by atoms with Gasteiger partial charge in [-0.1, -0.05) is 60.7 Å². The molecule has 0 saturated heterocycles. The smallest absolute Gasteiger partial charge is 0.414 e. The van der Waals surface area contributed by atoms with E-state index in [-0.39, 0.29) is 32.1 Å². The number of carbonyl (C=O) groups excluding carboxylic acids is 2. The Morgan fingerprint density at radius 2 is 1.29 bits per heavy atom. The molecular formula is C21H23N3O7.